The summed E-state index contributed by atoms with van der Waals surface area (Å²) in [6.45, 7) is 2.36. The van der Waals surface area contributed by atoms with Crippen molar-refractivity contribution in [2.75, 3.05) is 26.4 Å². The maximum atomic E-state index is 12.6. The van der Waals surface area contributed by atoms with E-state index in [9.17, 15) is 24.2 Å². The lowest BCUT2D eigenvalue weighted by molar-refractivity contribution is -0.161. The largest absolute Gasteiger partial charge is 0.472 e. The molecular weight excluding hydrogens is 731 g/mol. The molecule has 0 fully saturated rings. The van der Waals surface area contributed by atoms with Crippen LogP contribution in [0.3, 0.4) is 0 Å². The number of hydrogen-bond acceptors (Lipinski definition) is 9. The highest BCUT2D eigenvalue weighted by molar-refractivity contribution is 7.47. The van der Waals surface area contributed by atoms with Gasteiger partial charge in [-0.05, 0) is 64.2 Å². The smallest absolute Gasteiger partial charge is 0.462 e. The van der Waals surface area contributed by atoms with Crippen LogP contribution in [0, 0.1) is 0 Å². The molecule has 10 nitrogen and oxygen atoms in total. The lowest BCUT2D eigenvalue weighted by atomic mass is 10.0. The topological polar surface area (TPSA) is 149 Å². The van der Waals surface area contributed by atoms with Crippen LogP contribution in [-0.2, 0) is 32.7 Å². The van der Waals surface area contributed by atoms with E-state index in [-0.39, 0.29) is 19.4 Å². The van der Waals surface area contributed by atoms with E-state index in [2.05, 4.69) is 38.2 Å². The van der Waals surface area contributed by atoms with Gasteiger partial charge in [0.25, 0.3) is 0 Å². The summed E-state index contributed by atoms with van der Waals surface area (Å²) in [5.74, 6) is -0.930. The molecule has 0 aromatic rings. The number of hydrogen-bond donors (Lipinski definition) is 3. The summed E-state index contributed by atoms with van der Waals surface area (Å²) in [4.78, 5) is 35.0. The lowest BCUT2D eigenvalue weighted by Crippen LogP contribution is -2.29. The number of esters is 2. The van der Waals surface area contributed by atoms with Crippen LogP contribution < -0.4 is 0 Å². The highest BCUT2D eigenvalue weighted by Gasteiger charge is 2.27. The number of carbonyl (C=O) groups excluding carboxylic acids is 2. The summed E-state index contributed by atoms with van der Waals surface area (Å²) in [5, 5.41) is 18.3. The standard InChI is InChI=1S/C45H85O10P/c1-3-5-7-9-11-13-15-17-18-19-20-21-22-23-24-25-27-29-31-33-35-37-45(49)55-43(41-54-56(50,51)53-39-42(47)38-46)40-52-44(48)36-34-32-30-28-26-16-14-12-10-8-6-4-2/h12,14,17-18,42-43,46-47H,3-11,13,15-16,19-41H2,1-2H3,(H,50,51)/b14-12+,18-17+/t42-,43+/m0/s1. The third-order valence-corrected chi connectivity index (χ3v) is 10.8. The van der Waals surface area contributed by atoms with Crippen molar-refractivity contribution < 1.29 is 47.8 Å². The Morgan fingerprint density at radius 1 is 0.518 bits per heavy atom. The van der Waals surface area contributed by atoms with E-state index < -0.39 is 51.8 Å². The second-order valence-corrected chi connectivity index (χ2v) is 16.9. The molecule has 0 rings (SSSR count). The first-order valence-corrected chi connectivity index (χ1v) is 24.3. The number of carbonyl (C=O) groups is 2. The van der Waals surface area contributed by atoms with Crippen LogP contribution in [0.5, 0.6) is 0 Å². The minimum absolute atomic E-state index is 0.184. The number of unbranched alkanes of at least 4 members (excludes halogenated alkanes) is 25. The van der Waals surface area contributed by atoms with Gasteiger partial charge in [0.1, 0.15) is 12.7 Å². The van der Waals surface area contributed by atoms with Gasteiger partial charge in [-0.25, -0.2) is 4.57 Å². The van der Waals surface area contributed by atoms with Crippen LogP contribution in [0.15, 0.2) is 24.3 Å². The van der Waals surface area contributed by atoms with Crippen molar-refractivity contribution in [2.45, 2.75) is 225 Å². The maximum absolute atomic E-state index is 12.6. The number of phosphoric acid groups is 1. The van der Waals surface area contributed by atoms with E-state index in [4.69, 9.17) is 23.6 Å². The summed E-state index contributed by atoms with van der Waals surface area (Å²) in [7, 11) is -4.62. The van der Waals surface area contributed by atoms with Crippen LogP contribution in [0.2, 0.25) is 0 Å². The molecule has 11 heteroatoms. The normalized spacial score (nSPS) is 14.0. The van der Waals surface area contributed by atoms with Crippen molar-refractivity contribution >= 4 is 19.8 Å². The van der Waals surface area contributed by atoms with Crippen molar-refractivity contribution in [3.05, 3.63) is 24.3 Å². The van der Waals surface area contributed by atoms with Gasteiger partial charge in [0.2, 0.25) is 0 Å². The fourth-order valence-corrected chi connectivity index (χ4v) is 7.07. The van der Waals surface area contributed by atoms with Gasteiger partial charge in [-0.15, -0.1) is 0 Å². The molecular formula is C45H85O10P. The van der Waals surface area contributed by atoms with Crippen molar-refractivity contribution in [3.8, 4) is 0 Å². The van der Waals surface area contributed by atoms with Gasteiger partial charge >= 0.3 is 19.8 Å². The molecule has 0 aliphatic heterocycles. The molecule has 0 amide bonds. The maximum Gasteiger partial charge on any atom is 0.472 e. The Hall–Kier alpha value is -1.55. The number of rotatable bonds is 43. The first-order valence-electron chi connectivity index (χ1n) is 22.8. The van der Waals surface area contributed by atoms with Crippen LogP contribution in [-0.4, -0.2) is 65.7 Å². The predicted molar refractivity (Wildman–Crippen MR) is 228 cm³/mol. The number of phosphoric ester groups is 1. The van der Waals surface area contributed by atoms with E-state index >= 15 is 0 Å². The Morgan fingerprint density at radius 2 is 0.875 bits per heavy atom. The molecule has 3 atom stereocenters. The minimum Gasteiger partial charge on any atom is -0.462 e. The molecule has 0 aliphatic rings. The first kappa shape index (κ1) is 54.5. The van der Waals surface area contributed by atoms with Gasteiger partial charge < -0.3 is 24.6 Å². The van der Waals surface area contributed by atoms with E-state index in [1.54, 1.807) is 0 Å². The van der Waals surface area contributed by atoms with Gasteiger partial charge in [0.05, 0.1) is 19.8 Å². The zero-order valence-corrected chi connectivity index (χ0v) is 36.8. The second-order valence-electron chi connectivity index (χ2n) is 15.4. The molecule has 330 valence electrons. The third kappa shape index (κ3) is 40.6. The Morgan fingerprint density at radius 3 is 1.32 bits per heavy atom. The van der Waals surface area contributed by atoms with Crippen molar-refractivity contribution in [1.29, 1.82) is 0 Å². The highest BCUT2D eigenvalue weighted by atomic mass is 31.2. The fraction of sp³-hybridized carbons (Fsp3) is 0.867. The van der Waals surface area contributed by atoms with Gasteiger partial charge in [-0.3, -0.25) is 18.6 Å². The molecule has 0 radical (unpaired) electrons. The average molecular weight is 817 g/mol. The Labute approximate surface area is 342 Å². The van der Waals surface area contributed by atoms with Crippen LogP contribution in [0.1, 0.15) is 213 Å². The van der Waals surface area contributed by atoms with Gasteiger partial charge in [0, 0.05) is 12.8 Å². The Bertz CT molecular complexity index is 988. The lowest BCUT2D eigenvalue weighted by Gasteiger charge is -2.20. The molecule has 0 heterocycles. The monoisotopic (exact) mass is 817 g/mol. The second kappa shape index (κ2) is 41.6. The predicted octanol–water partition coefficient (Wildman–Crippen LogP) is 12.2. The van der Waals surface area contributed by atoms with Crippen LogP contribution >= 0.6 is 7.82 Å². The number of ether oxygens (including phenoxy) is 2. The summed E-state index contributed by atoms with van der Waals surface area (Å²) < 4.78 is 32.7. The highest BCUT2D eigenvalue weighted by Crippen LogP contribution is 2.43. The van der Waals surface area contributed by atoms with E-state index in [1.165, 1.54) is 116 Å². The van der Waals surface area contributed by atoms with E-state index in [0.717, 1.165) is 57.8 Å². The molecule has 0 saturated carbocycles. The van der Waals surface area contributed by atoms with Gasteiger partial charge in [-0.1, -0.05) is 160 Å². The Balaban J connectivity index is 4.20. The zero-order chi connectivity index (χ0) is 41.2. The van der Waals surface area contributed by atoms with Gasteiger partial charge in [-0.2, -0.15) is 0 Å². The van der Waals surface area contributed by atoms with Crippen LogP contribution in [0.4, 0.5) is 0 Å². The van der Waals surface area contributed by atoms with E-state index in [0.29, 0.717) is 12.8 Å². The summed E-state index contributed by atoms with van der Waals surface area (Å²) in [6, 6.07) is 0. The van der Waals surface area contributed by atoms with Crippen LogP contribution in [0.25, 0.3) is 0 Å². The minimum atomic E-state index is -4.62. The summed E-state index contributed by atoms with van der Waals surface area (Å²) in [5.41, 5.74) is 0. The van der Waals surface area contributed by atoms with E-state index in [1.807, 2.05) is 0 Å². The first-order chi connectivity index (χ1) is 27.2. The molecule has 3 N–H and O–H groups in total. The van der Waals surface area contributed by atoms with Crippen molar-refractivity contribution in [1.82, 2.24) is 0 Å². The van der Waals surface area contributed by atoms with Crippen molar-refractivity contribution in [3.63, 3.8) is 0 Å². The SMILES string of the molecule is CCCCC/C=C/CCCCCCCC(=O)OC[C@H](COP(=O)(O)OC[C@@H](O)CO)OC(=O)CCCCCCCCCCCCC/C=C/CCCCCCCC. The van der Waals surface area contributed by atoms with Crippen molar-refractivity contribution in [2.24, 2.45) is 0 Å². The molecule has 0 saturated heterocycles. The average Bonchev–Trinajstić information content (AvgIpc) is 3.19. The summed E-state index contributed by atoms with van der Waals surface area (Å²) in [6.07, 6.45) is 41.5. The third-order valence-electron chi connectivity index (χ3n) is 9.83. The number of allylic oxidation sites excluding steroid dienone is 4. The zero-order valence-electron chi connectivity index (χ0n) is 35.9. The quantitative estimate of drug-likeness (QED) is 0.0235. The molecule has 0 aromatic heterocycles. The molecule has 1 unspecified atom stereocenters. The Kier molecular flexibility index (Phi) is 40.5. The molecule has 0 aromatic carbocycles. The fourth-order valence-electron chi connectivity index (χ4n) is 6.28. The molecule has 0 spiro atoms. The number of aliphatic hydroxyl groups is 2. The molecule has 56 heavy (non-hydrogen) atoms. The number of aliphatic hydroxyl groups excluding tert-OH is 2. The summed E-state index contributed by atoms with van der Waals surface area (Å²) >= 11 is 0. The molecule has 0 aliphatic carbocycles. The van der Waals surface area contributed by atoms with Gasteiger partial charge in [0.15, 0.2) is 6.10 Å². The molecule has 0 bridgehead atoms.